The molecule has 4 rings (SSSR count). The van der Waals surface area contributed by atoms with Crippen molar-refractivity contribution in [1.82, 2.24) is 10.2 Å². The van der Waals surface area contributed by atoms with Gasteiger partial charge in [-0.25, -0.2) is 9.59 Å². The number of morpholine rings is 1. The molecule has 1 N–H and O–H groups in total. The maximum absolute atomic E-state index is 13.1. The molecule has 10 heteroatoms. The Kier molecular flexibility index (Phi) is 9.73. The number of rotatable bonds is 8. The van der Waals surface area contributed by atoms with E-state index in [1.165, 1.54) is 12.3 Å². The van der Waals surface area contributed by atoms with Gasteiger partial charge in [0.1, 0.15) is 18.0 Å². The second kappa shape index (κ2) is 13.0. The van der Waals surface area contributed by atoms with Crippen LogP contribution in [-0.4, -0.2) is 79.1 Å². The third-order valence-electron chi connectivity index (χ3n) is 7.63. The van der Waals surface area contributed by atoms with Crippen molar-refractivity contribution in [3.8, 4) is 5.75 Å². The number of likely N-dealkylation sites (tertiary alicyclic amines) is 1. The molecule has 3 aliphatic rings. The highest BCUT2D eigenvalue weighted by Gasteiger charge is 2.53. The predicted molar refractivity (Wildman–Crippen MR) is 147 cm³/mol. The van der Waals surface area contributed by atoms with Gasteiger partial charge in [-0.2, -0.15) is 0 Å². The van der Waals surface area contributed by atoms with Crippen LogP contribution in [0.15, 0.2) is 36.6 Å². The number of esters is 1. The van der Waals surface area contributed by atoms with Crippen molar-refractivity contribution in [1.29, 1.82) is 0 Å². The van der Waals surface area contributed by atoms with E-state index in [9.17, 15) is 14.4 Å². The summed E-state index contributed by atoms with van der Waals surface area (Å²) in [6.07, 6.45) is 6.39. The number of benzene rings is 1. The minimum Gasteiger partial charge on any atom is -0.464 e. The standard InChI is InChI=1S/C30H42N2O8/c1-5-37-27(34)14-17-38-24-9-7-6-8-23(24)21-10-12-22(13-11-21)39-18-25-30(20-36-19-26(33)31-30)15-16-32(25)28(35)40-29(2,3)4/h6-9,14,17,21-22,25H,5,10-13,15-16,18-20H2,1-4H3,(H,31,33)/b17-14+/t21-,22+,25?,30?. The first-order valence-electron chi connectivity index (χ1n) is 14.2. The average molecular weight is 559 g/mol. The van der Waals surface area contributed by atoms with Crippen molar-refractivity contribution in [2.45, 2.75) is 89.0 Å². The number of nitrogens with zero attached hydrogens (tertiary/aromatic N) is 1. The molecular weight excluding hydrogens is 516 g/mol. The first-order chi connectivity index (χ1) is 19.1. The van der Waals surface area contributed by atoms with Gasteiger partial charge in [0.2, 0.25) is 5.91 Å². The summed E-state index contributed by atoms with van der Waals surface area (Å²) in [7, 11) is 0. The lowest BCUT2D eigenvalue weighted by atomic mass is 9.82. The highest BCUT2D eigenvalue weighted by molar-refractivity contribution is 5.81. The molecule has 0 aromatic heterocycles. The van der Waals surface area contributed by atoms with E-state index in [1.54, 1.807) is 11.8 Å². The Balaban J connectivity index is 1.36. The van der Waals surface area contributed by atoms with Crippen LogP contribution in [0.4, 0.5) is 4.79 Å². The minimum absolute atomic E-state index is 0.0234. The Morgan fingerprint density at radius 3 is 2.62 bits per heavy atom. The molecule has 0 bridgehead atoms. The van der Waals surface area contributed by atoms with Crippen LogP contribution in [-0.2, 0) is 28.5 Å². The van der Waals surface area contributed by atoms with Crippen LogP contribution in [0.5, 0.6) is 5.75 Å². The quantitative estimate of drug-likeness (QED) is 0.289. The molecule has 1 spiro atoms. The van der Waals surface area contributed by atoms with Gasteiger partial charge in [0.15, 0.2) is 0 Å². The molecule has 0 radical (unpaired) electrons. The van der Waals surface area contributed by atoms with Crippen molar-refractivity contribution in [2.24, 2.45) is 0 Å². The number of hydrogen-bond donors (Lipinski definition) is 1. The molecule has 2 unspecified atom stereocenters. The second-order valence-corrected chi connectivity index (χ2v) is 11.7. The van der Waals surface area contributed by atoms with Crippen molar-refractivity contribution >= 4 is 18.0 Å². The van der Waals surface area contributed by atoms with E-state index in [0.29, 0.717) is 32.1 Å². The normalized spacial score (nSPS) is 27.1. The predicted octanol–water partition coefficient (Wildman–Crippen LogP) is 4.08. The SMILES string of the molecule is CCOC(=O)/C=C/Oc1ccccc1[C@H]1CC[C@@H](OCC2N(C(=O)OC(C)(C)C)CCC23COCC(=O)N3)CC1. The number of carbonyl (C=O) groups is 3. The summed E-state index contributed by atoms with van der Waals surface area (Å²) in [5.74, 6) is 0.405. The van der Waals surface area contributed by atoms with Crippen LogP contribution in [0.25, 0.3) is 0 Å². The Morgan fingerprint density at radius 1 is 1.18 bits per heavy atom. The summed E-state index contributed by atoms with van der Waals surface area (Å²) >= 11 is 0. The number of amides is 2. The molecule has 2 aliphatic heterocycles. The van der Waals surface area contributed by atoms with Crippen LogP contribution in [0.2, 0.25) is 0 Å². The molecule has 1 aromatic carbocycles. The van der Waals surface area contributed by atoms with Gasteiger partial charge in [-0.1, -0.05) is 18.2 Å². The summed E-state index contributed by atoms with van der Waals surface area (Å²) in [4.78, 5) is 38.6. The molecule has 220 valence electrons. The van der Waals surface area contributed by atoms with E-state index in [-0.39, 0.29) is 31.3 Å². The van der Waals surface area contributed by atoms with Gasteiger partial charge in [0.05, 0.1) is 49.8 Å². The molecule has 40 heavy (non-hydrogen) atoms. The number of ether oxygens (including phenoxy) is 5. The fourth-order valence-electron chi connectivity index (χ4n) is 5.77. The number of carbonyl (C=O) groups excluding carboxylic acids is 3. The molecule has 1 saturated carbocycles. The summed E-state index contributed by atoms with van der Waals surface area (Å²) < 4.78 is 28.4. The first-order valence-corrected chi connectivity index (χ1v) is 14.2. The summed E-state index contributed by atoms with van der Waals surface area (Å²) in [6.45, 7) is 8.69. The Labute approximate surface area is 236 Å². The second-order valence-electron chi connectivity index (χ2n) is 11.7. The van der Waals surface area contributed by atoms with Crippen molar-refractivity contribution in [2.75, 3.05) is 33.0 Å². The van der Waals surface area contributed by atoms with E-state index in [0.717, 1.165) is 37.0 Å². The van der Waals surface area contributed by atoms with Gasteiger partial charge in [0, 0.05) is 6.54 Å². The van der Waals surface area contributed by atoms with E-state index >= 15 is 0 Å². The molecule has 10 nitrogen and oxygen atoms in total. The molecule has 2 atom stereocenters. The lowest BCUT2D eigenvalue weighted by Crippen LogP contribution is -2.65. The van der Waals surface area contributed by atoms with E-state index in [1.807, 2.05) is 39.0 Å². The van der Waals surface area contributed by atoms with Gasteiger partial charge in [-0.05, 0) is 77.3 Å². The highest BCUT2D eigenvalue weighted by atomic mass is 16.6. The molecule has 2 saturated heterocycles. The number of para-hydroxylation sites is 1. The largest absolute Gasteiger partial charge is 0.464 e. The van der Waals surface area contributed by atoms with E-state index in [4.69, 9.17) is 23.7 Å². The third-order valence-corrected chi connectivity index (χ3v) is 7.63. The lowest BCUT2D eigenvalue weighted by Gasteiger charge is -2.41. The maximum Gasteiger partial charge on any atom is 0.410 e. The van der Waals surface area contributed by atoms with Crippen LogP contribution >= 0.6 is 0 Å². The fraction of sp³-hybridized carbons (Fsp3) is 0.633. The molecule has 1 aromatic rings. The maximum atomic E-state index is 13.1. The molecular formula is C30H42N2O8. The van der Waals surface area contributed by atoms with E-state index < -0.39 is 23.2 Å². The third kappa shape index (κ3) is 7.54. The van der Waals surface area contributed by atoms with Gasteiger partial charge in [0.25, 0.3) is 0 Å². The Morgan fingerprint density at radius 2 is 1.93 bits per heavy atom. The number of nitrogens with one attached hydrogen (secondary N) is 1. The van der Waals surface area contributed by atoms with Crippen LogP contribution in [0.3, 0.4) is 0 Å². The zero-order valence-electron chi connectivity index (χ0n) is 24.0. The molecule has 2 amide bonds. The van der Waals surface area contributed by atoms with Crippen LogP contribution in [0, 0.1) is 0 Å². The Bertz CT molecular complexity index is 1080. The molecule has 3 fully saturated rings. The zero-order chi connectivity index (χ0) is 28.8. The molecule has 2 heterocycles. The smallest absolute Gasteiger partial charge is 0.410 e. The highest BCUT2D eigenvalue weighted by Crippen LogP contribution is 2.39. The summed E-state index contributed by atoms with van der Waals surface area (Å²) in [6, 6.07) is 7.48. The van der Waals surface area contributed by atoms with Gasteiger partial charge < -0.3 is 33.9 Å². The summed E-state index contributed by atoms with van der Waals surface area (Å²) in [5.41, 5.74) is -0.212. The van der Waals surface area contributed by atoms with Crippen LogP contribution < -0.4 is 10.1 Å². The van der Waals surface area contributed by atoms with Crippen LogP contribution in [0.1, 0.15) is 71.3 Å². The Hall–Kier alpha value is -3.11. The van der Waals surface area contributed by atoms with Gasteiger partial charge >= 0.3 is 12.1 Å². The summed E-state index contributed by atoms with van der Waals surface area (Å²) in [5, 5.41) is 3.10. The van der Waals surface area contributed by atoms with Crippen molar-refractivity contribution in [3.05, 3.63) is 42.2 Å². The average Bonchev–Trinajstić information content (AvgIpc) is 3.24. The minimum atomic E-state index is -0.684. The number of hydrogen-bond acceptors (Lipinski definition) is 8. The van der Waals surface area contributed by atoms with Crippen molar-refractivity contribution < 1.29 is 38.1 Å². The van der Waals surface area contributed by atoms with E-state index in [2.05, 4.69) is 11.4 Å². The first kappa shape index (κ1) is 29.9. The topological polar surface area (TPSA) is 113 Å². The molecule has 1 aliphatic carbocycles. The zero-order valence-corrected chi connectivity index (χ0v) is 24.0. The van der Waals surface area contributed by atoms with Gasteiger partial charge in [-0.15, -0.1) is 0 Å². The monoisotopic (exact) mass is 558 g/mol. The van der Waals surface area contributed by atoms with Gasteiger partial charge in [-0.3, -0.25) is 4.79 Å². The lowest BCUT2D eigenvalue weighted by molar-refractivity contribution is -0.138. The fourth-order valence-corrected chi connectivity index (χ4v) is 5.77. The van der Waals surface area contributed by atoms with Crippen molar-refractivity contribution in [3.63, 3.8) is 0 Å².